The van der Waals surface area contributed by atoms with E-state index in [2.05, 4.69) is 25.6 Å². The van der Waals surface area contributed by atoms with Crippen molar-refractivity contribution in [1.29, 1.82) is 0 Å². The molecule has 2 amide bonds. The van der Waals surface area contributed by atoms with E-state index in [-0.39, 0.29) is 17.6 Å². The fourth-order valence-electron chi connectivity index (χ4n) is 4.82. The van der Waals surface area contributed by atoms with E-state index in [1.165, 1.54) is 30.2 Å². The Morgan fingerprint density at radius 1 is 1.10 bits per heavy atom. The number of aryl methyl sites for hydroxylation is 1. The average molecular weight is 570 g/mol. The van der Waals surface area contributed by atoms with E-state index in [4.69, 9.17) is 8.83 Å². The second-order valence-corrected chi connectivity index (χ2v) is 9.57. The Morgan fingerprint density at radius 3 is 2.59 bits per heavy atom. The highest BCUT2D eigenvalue weighted by molar-refractivity contribution is 5.90. The first-order chi connectivity index (χ1) is 19.7. The highest BCUT2D eigenvalue weighted by atomic mass is 19.4. The monoisotopic (exact) mass is 569 g/mol. The number of amides is 2. The summed E-state index contributed by atoms with van der Waals surface area (Å²) in [6.07, 6.45) is 1.15. The standard InChI is InChI=1S/C27H23F4N7O3/c1-15-14-20(23(41-15)27(29,30)31)35-25(39)37-10-7-18(8-11-37)33-24-32-9-6-19(34-24)22-21(16-2-4-17(28)5-3-16)36-26-38(22)12-13-40-26/h2-6,9,12-14,18H,7-8,10-11H2,1H3,(H,35,39)(H,32,33,34). The van der Waals surface area contributed by atoms with Crippen molar-refractivity contribution in [2.45, 2.75) is 32.0 Å². The van der Waals surface area contributed by atoms with Gasteiger partial charge in [-0.25, -0.2) is 19.2 Å². The number of piperidine rings is 1. The summed E-state index contributed by atoms with van der Waals surface area (Å²) in [5.41, 5.74) is 2.05. The molecule has 212 valence electrons. The number of furan rings is 1. The van der Waals surface area contributed by atoms with Gasteiger partial charge in [-0.05, 0) is 50.1 Å². The number of nitrogens with one attached hydrogen (secondary N) is 2. The van der Waals surface area contributed by atoms with Gasteiger partial charge in [0.15, 0.2) is 0 Å². The molecule has 14 heteroatoms. The van der Waals surface area contributed by atoms with Crippen molar-refractivity contribution in [3.8, 4) is 22.6 Å². The van der Waals surface area contributed by atoms with E-state index < -0.39 is 23.7 Å². The number of urea groups is 1. The lowest BCUT2D eigenvalue weighted by atomic mass is 10.1. The van der Waals surface area contributed by atoms with Crippen LogP contribution in [-0.2, 0) is 6.18 Å². The first kappa shape index (κ1) is 26.3. The Morgan fingerprint density at radius 2 is 1.85 bits per heavy atom. The summed E-state index contributed by atoms with van der Waals surface area (Å²) in [5, 5.41) is 5.61. The van der Waals surface area contributed by atoms with E-state index >= 15 is 0 Å². The minimum absolute atomic E-state index is 0.0481. The zero-order valence-electron chi connectivity index (χ0n) is 21.6. The fourth-order valence-corrected chi connectivity index (χ4v) is 4.82. The zero-order valence-corrected chi connectivity index (χ0v) is 21.6. The number of aromatic nitrogens is 4. The molecule has 1 aliphatic heterocycles. The van der Waals surface area contributed by atoms with Gasteiger partial charge >= 0.3 is 18.1 Å². The number of hydrogen-bond acceptors (Lipinski definition) is 7. The molecule has 0 bridgehead atoms. The van der Waals surface area contributed by atoms with Crippen LogP contribution in [0.5, 0.6) is 0 Å². The third-order valence-corrected chi connectivity index (χ3v) is 6.75. The van der Waals surface area contributed by atoms with Gasteiger partial charge in [0, 0.05) is 43.2 Å². The van der Waals surface area contributed by atoms with E-state index in [0.717, 1.165) is 6.07 Å². The van der Waals surface area contributed by atoms with Crippen molar-refractivity contribution in [3.63, 3.8) is 0 Å². The maximum absolute atomic E-state index is 13.5. The van der Waals surface area contributed by atoms with Gasteiger partial charge in [-0.3, -0.25) is 4.40 Å². The van der Waals surface area contributed by atoms with Crippen molar-refractivity contribution in [2.24, 2.45) is 0 Å². The highest BCUT2D eigenvalue weighted by Crippen LogP contribution is 2.37. The van der Waals surface area contributed by atoms with Gasteiger partial charge in [-0.1, -0.05) is 0 Å². The van der Waals surface area contributed by atoms with Crippen LogP contribution in [0.25, 0.3) is 28.5 Å². The molecule has 0 spiro atoms. The molecule has 1 saturated heterocycles. The Hall–Kier alpha value is -4.88. The predicted molar refractivity (Wildman–Crippen MR) is 140 cm³/mol. The number of likely N-dealkylation sites (tertiary alicyclic amines) is 1. The molecule has 0 unspecified atom stereocenters. The van der Waals surface area contributed by atoms with Gasteiger partial charge in [0.25, 0.3) is 0 Å². The number of fused-ring (bicyclic) bond motifs is 1. The molecule has 4 aromatic heterocycles. The van der Waals surface area contributed by atoms with Crippen LogP contribution in [0.4, 0.5) is 34.0 Å². The van der Waals surface area contributed by atoms with Crippen LogP contribution in [0.1, 0.15) is 24.4 Å². The molecule has 1 aromatic carbocycles. The van der Waals surface area contributed by atoms with E-state index in [1.807, 2.05) is 0 Å². The van der Waals surface area contributed by atoms with Crippen LogP contribution < -0.4 is 10.6 Å². The van der Waals surface area contributed by atoms with Gasteiger partial charge in [-0.2, -0.15) is 18.2 Å². The summed E-state index contributed by atoms with van der Waals surface area (Å²) < 4.78 is 65.1. The van der Waals surface area contributed by atoms with Gasteiger partial charge < -0.3 is 24.4 Å². The summed E-state index contributed by atoms with van der Waals surface area (Å²) >= 11 is 0. The van der Waals surface area contributed by atoms with Crippen LogP contribution in [0.2, 0.25) is 0 Å². The molecule has 0 radical (unpaired) electrons. The van der Waals surface area contributed by atoms with Crippen LogP contribution in [0.3, 0.4) is 0 Å². The summed E-state index contributed by atoms with van der Waals surface area (Å²) in [7, 11) is 0. The van der Waals surface area contributed by atoms with Gasteiger partial charge in [-0.15, -0.1) is 0 Å². The summed E-state index contributed by atoms with van der Waals surface area (Å²) in [6.45, 7) is 2.01. The molecule has 0 saturated carbocycles. The minimum atomic E-state index is -4.72. The lowest BCUT2D eigenvalue weighted by molar-refractivity contribution is -0.152. The fraction of sp³-hybridized carbons (Fsp3) is 0.259. The lowest BCUT2D eigenvalue weighted by Crippen LogP contribution is -2.44. The number of carbonyl (C=O) groups is 1. The summed E-state index contributed by atoms with van der Waals surface area (Å²) in [5.74, 6) is -0.834. The van der Waals surface area contributed by atoms with Crippen molar-refractivity contribution in [1.82, 2.24) is 24.3 Å². The number of oxazole rings is 1. The quantitative estimate of drug-likeness (QED) is 0.242. The second kappa shape index (κ2) is 10.3. The number of rotatable bonds is 5. The molecule has 6 rings (SSSR count). The van der Waals surface area contributed by atoms with Crippen molar-refractivity contribution in [2.75, 3.05) is 23.7 Å². The van der Waals surface area contributed by atoms with Gasteiger partial charge in [0.1, 0.15) is 29.2 Å². The van der Waals surface area contributed by atoms with Crippen LogP contribution >= 0.6 is 0 Å². The van der Waals surface area contributed by atoms with E-state index in [1.54, 1.807) is 35.0 Å². The molecule has 0 atom stereocenters. The number of imidazole rings is 1. The van der Waals surface area contributed by atoms with Gasteiger partial charge in [0.2, 0.25) is 11.7 Å². The molecular formula is C27H23F4N7O3. The normalized spacial score (nSPS) is 14.5. The van der Waals surface area contributed by atoms with Crippen LogP contribution in [0, 0.1) is 12.7 Å². The molecule has 0 aliphatic carbocycles. The van der Waals surface area contributed by atoms with Crippen LogP contribution in [-0.4, -0.2) is 49.4 Å². The van der Waals surface area contributed by atoms with Crippen molar-refractivity contribution >= 4 is 23.5 Å². The third kappa shape index (κ3) is 5.32. The predicted octanol–water partition coefficient (Wildman–Crippen LogP) is 6.22. The summed E-state index contributed by atoms with van der Waals surface area (Å²) in [4.78, 5) is 27.7. The number of benzene rings is 1. The van der Waals surface area contributed by atoms with Crippen molar-refractivity contribution < 1.29 is 31.2 Å². The van der Waals surface area contributed by atoms with Gasteiger partial charge in [0.05, 0.1) is 11.4 Å². The zero-order chi connectivity index (χ0) is 28.7. The molecule has 2 N–H and O–H groups in total. The smallest absolute Gasteiger partial charge is 0.451 e. The second-order valence-electron chi connectivity index (χ2n) is 9.57. The number of anilines is 2. The number of carbonyl (C=O) groups excluding carboxylic acids is 1. The Kier molecular flexibility index (Phi) is 6.59. The molecule has 1 fully saturated rings. The molecule has 1 aliphatic rings. The molecular weight excluding hydrogens is 546 g/mol. The first-order valence-corrected chi connectivity index (χ1v) is 12.7. The van der Waals surface area contributed by atoms with E-state index in [0.29, 0.717) is 60.4 Å². The van der Waals surface area contributed by atoms with E-state index in [9.17, 15) is 22.4 Å². The maximum atomic E-state index is 13.5. The largest absolute Gasteiger partial charge is 0.455 e. The molecule has 5 heterocycles. The Labute approximate surface area is 230 Å². The average Bonchev–Trinajstić information content (AvgIpc) is 3.64. The Bertz CT molecular complexity index is 1700. The number of halogens is 4. The number of nitrogens with zero attached hydrogens (tertiary/aromatic N) is 5. The van der Waals surface area contributed by atoms with Crippen molar-refractivity contribution in [3.05, 3.63) is 72.4 Å². The topological polar surface area (TPSA) is 114 Å². The SMILES string of the molecule is Cc1cc(NC(=O)N2CCC(Nc3nccc(-c4c(-c5ccc(F)cc5)nc5occn45)n3)CC2)c(C(F)(F)F)o1. The molecule has 5 aromatic rings. The first-order valence-electron chi connectivity index (χ1n) is 12.7. The molecule has 41 heavy (non-hydrogen) atoms. The summed E-state index contributed by atoms with van der Waals surface area (Å²) in [6, 6.07) is 8.13. The number of hydrogen-bond donors (Lipinski definition) is 2. The highest BCUT2D eigenvalue weighted by Gasteiger charge is 2.39. The number of alkyl halides is 3. The minimum Gasteiger partial charge on any atom is -0.455 e. The lowest BCUT2D eigenvalue weighted by Gasteiger charge is -2.32. The third-order valence-electron chi connectivity index (χ3n) is 6.75. The maximum Gasteiger partial charge on any atom is 0.451 e. The molecule has 10 nitrogen and oxygen atoms in total. The van der Waals surface area contributed by atoms with Crippen LogP contribution in [0.15, 0.2) is 63.9 Å². The Balaban J connectivity index is 1.14.